The van der Waals surface area contributed by atoms with Crippen molar-refractivity contribution in [3.8, 4) is 0 Å². The van der Waals surface area contributed by atoms with E-state index in [1.165, 1.54) is 12.1 Å². The van der Waals surface area contributed by atoms with Gasteiger partial charge in [0, 0.05) is 13.0 Å². The summed E-state index contributed by atoms with van der Waals surface area (Å²) in [6.45, 7) is 1.94. The normalized spacial score (nSPS) is 18.4. The zero-order valence-corrected chi connectivity index (χ0v) is 13.5. The molecule has 3 rings (SSSR count). The Labute approximate surface area is 135 Å². The molecule has 1 atom stereocenters. The van der Waals surface area contributed by atoms with Crippen LogP contribution in [0.1, 0.15) is 16.7 Å². The fraction of sp³-hybridized carbons (Fsp3) is 0.235. The molecule has 0 bridgehead atoms. The lowest BCUT2D eigenvalue weighted by Crippen LogP contribution is -2.48. The van der Waals surface area contributed by atoms with Crippen molar-refractivity contribution in [2.45, 2.75) is 30.8 Å². The summed E-state index contributed by atoms with van der Waals surface area (Å²) in [6, 6.07) is 12.7. The third kappa shape index (κ3) is 2.87. The van der Waals surface area contributed by atoms with Gasteiger partial charge in [-0.3, -0.25) is 4.79 Å². The number of hydrogen-bond donors (Lipinski definition) is 1. The van der Waals surface area contributed by atoms with Crippen molar-refractivity contribution >= 4 is 16.0 Å². The van der Waals surface area contributed by atoms with Crippen molar-refractivity contribution < 1.29 is 18.3 Å². The predicted octanol–water partition coefficient (Wildman–Crippen LogP) is 2.20. The van der Waals surface area contributed by atoms with E-state index in [4.69, 9.17) is 0 Å². The molecule has 1 N–H and O–H groups in total. The second kappa shape index (κ2) is 5.79. The SMILES string of the molecule is Cc1ccc(S(=O)(=O)N2Cc3ccccc3C[C@H]2C(=O)O)cc1. The molecule has 0 aromatic heterocycles. The third-order valence-electron chi connectivity index (χ3n) is 4.12. The van der Waals surface area contributed by atoms with Crippen LogP contribution in [0.4, 0.5) is 0 Å². The number of hydrogen-bond acceptors (Lipinski definition) is 3. The molecule has 1 aliphatic heterocycles. The zero-order valence-electron chi connectivity index (χ0n) is 12.6. The first kappa shape index (κ1) is 15.7. The van der Waals surface area contributed by atoms with Gasteiger partial charge in [-0.25, -0.2) is 8.42 Å². The molecule has 0 aliphatic carbocycles. The molecule has 0 radical (unpaired) electrons. The molecule has 1 heterocycles. The van der Waals surface area contributed by atoms with Crippen LogP contribution in [0.5, 0.6) is 0 Å². The summed E-state index contributed by atoms with van der Waals surface area (Å²) < 4.78 is 26.9. The molecule has 6 heteroatoms. The number of fused-ring (bicyclic) bond motifs is 1. The van der Waals surface area contributed by atoms with E-state index in [0.717, 1.165) is 21.0 Å². The van der Waals surface area contributed by atoms with E-state index in [2.05, 4.69) is 0 Å². The fourth-order valence-corrected chi connectivity index (χ4v) is 4.37. The van der Waals surface area contributed by atoms with Gasteiger partial charge in [-0.15, -0.1) is 0 Å². The van der Waals surface area contributed by atoms with Gasteiger partial charge in [0.1, 0.15) is 6.04 Å². The van der Waals surface area contributed by atoms with Crippen LogP contribution in [-0.4, -0.2) is 29.8 Å². The highest BCUT2D eigenvalue weighted by Gasteiger charge is 2.39. The molecule has 23 heavy (non-hydrogen) atoms. The van der Waals surface area contributed by atoms with Crippen LogP contribution in [0, 0.1) is 6.92 Å². The number of benzene rings is 2. The van der Waals surface area contributed by atoms with E-state index in [-0.39, 0.29) is 17.9 Å². The van der Waals surface area contributed by atoms with Crippen LogP contribution < -0.4 is 0 Å². The van der Waals surface area contributed by atoms with Crippen molar-refractivity contribution in [2.75, 3.05) is 0 Å². The average molecular weight is 331 g/mol. The summed E-state index contributed by atoms with van der Waals surface area (Å²) in [5.74, 6) is -1.13. The van der Waals surface area contributed by atoms with E-state index in [9.17, 15) is 18.3 Å². The first-order valence-corrected chi connectivity index (χ1v) is 8.72. The fourth-order valence-electron chi connectivity index (χ4n) is 2.81. The van der Waals surface area contributed by atoms with Crippen LogP contribution in [0.25, 0.3) is 0 Å². The van der Waals surface area contributed by atoms with Gasteiger partial charge >= 0.3 is 5.97 Å². The quantitative estimate of drug-likeness (QED) is 0.935. The van der Waals surface area contributed by atoms with Crippen molar-refractivity contribution in [1.82, 2.24) is 4.31 Å². The molecule has 1 aliphatic rings. The maximum atomic E-state index is 12.9. The lowest BCUT2D eigenvalue weighted by atomic mass is 9.96. The van der Waals surface area contributed by atoms with E-state index >= 15 is 0 Å². The lowest BCUT2D eigenvalue weighted by Gasteiger charge is -2.33. The first-order chi connectivity index (χ1) is 10.9. The molecule has 0 fully saturated rings. The number of carboxylic acid groups (broad SMARTS) is 1. The molecule has 2 aromatic carbocycles. The van der Waals surface area contributed by atoms with E-state index < -0.39 is 22.0 Å². The second-order valence-electron chi connectivity index (χ2n) is 5.69. The summed E-state index contributed by atoms with van der Waals surface area (Å²) >= 11 is 0. The van der Waals surface area contributed by atoms with E-state index in [1.807, 2.05) is 31.2 Å². The van der Waals surface area contributed by atoms with Crippen LogP contribution in [-0.2, 0) is 27.8 Å². The Morgan fingerprint density at radius 1 is 1.09 bits per heavy atom. The minimum absolute atomic E-state index is 0.0728. The standard InChI is InChI=1S/C17H17NO4S/c1-12-6-8-15(9-7-12)23(21,22)18-11-14-5-3-2-4-13(14)10-16(18)17(19)20/h2-9,16H,10-11H2,1H3,(H,19,20)/t16-/m0/s1. The van der Waals surface area contributed by atoms with Gasteiger partial charge in [0.05, 0.1) is 4.90 Å². The van der Waals surface area contributed by atoms with Gasteiger partial charge in [-0.05, 0) is 30.2 Å². The van der Waals surface area contributed by atoms with Crippen LogP contribution in [0.15, 0.2) is 53.4 Å². The molecule has 5 nitrogen and oxygen atoms in total. The number of carbonyl (C=O) groups is 1. The van der Waals surface area contributed by atoms with Crippen molar-refractivity contribution in [3.63, 3.8) is 0 Å². The number of aryl methyl sites for hydroxylation is 1. The Morgan fingerprint density at radius 3 is 2.30 bits per heavy atom. The van der Waals surface area contributed by atoms with Crippen LogP contribution >= 0.6 is 0 Å². The molecule has 0 unspecified atom stereocenters. The van der Waals surface area contributed by atoms with Gasteiger partial charge in [-0.1, -0.05) is 42.0 Å². The molecular weight excluding hydrogens is 314 g/mol. The summed E-state index contributed by atoms with van der Waals surface area (Å²) in [5, 5.41) is 9.48. The lowest BCUT2D eigenvalue weighted by molar-refractivity contribution is -0.141. The van der Waals surface area contributed by atoms with Crippen molar-refractivity contribution in [1.29, 1.82) is 0 Å². The Balaban J connectivity index is 2.05. The monoisotopic (exact) mass is 331 g/mol. The first-order valence-electron chi connectivity index (χ1n) is 7.27. The maximum Gasteiger partial charge on any atom is 0.322 e. The highest BCUT2D eigenvalue weighted by molar-refractivity contribution is 7.89. The number of nitrogens with zero attached hydrogens (tertiary/aromatic N) is 1. The van der Waals surface area contributed by atoms with E-state index in [1.54, 1.807) is 12.1 Å². The smallest absolute Gasteiger partial charge is 0.322 e. The zero-order chi connectivity index (χ0) is 16.6. The Bertz CT molecular complexity index is 843. The minimum Gasteiger partial charge on any atom is -0.480 e. The Morgan fingerprint density at radius 2 is 1.70 bits per heavy atom. The van der Waals surface area contributed by atoms with Crippen molar-refractivity contribution in [3.05, 3.63) is 65.2 Å². The van der Waals surface area contributed by atoms with Crippen LogP contribution in [0.3, 0.4) is 0 Å². The molecule has 0 saturated carbocycles. The van der Waals surface area contributed by atoms with Crippen molar-refractivity contribution in [2.24, 2.45) is 0 Å². The molecule has 0 saturated heterocycles. The molecular formula is C17H17NO4S. The molecule has 0 spiro atoms. The summed E-state index contributed by atoms with van der Waals surface area (Å²) in [4.78, 5) is 11.7. The maximum absolute atomic E-state index is 12.9. The predicted molar refractivity (Wildman–Crippen MR) is 85.5 cm³/mol. The highest BCUT2D eigenvalue weighted by Crippen LogP contribution is 2.29. The molecule has 120 valence electrons. The number of aliphatic carboxylic acids is 1. The highest BCUT2D eigenvalue weighted by atomic mass is 32.2. The largest absolute Gasteiger partial charge is 0.480 e. The molecule has 0 amide bonds. The summed E-state index contributed by atoms with van der Waals surface area (Å²) in [7, 11) is -3.86. The van der Waals surface area contributed by atoms with Gasteiger partial charge in [0.15, 0.2) is 0 Å². The third-order valence-corrected chi connectivity index (χ3v) is 5.99. The topological polar surface area (TPSA) is 74.7 Å². The van der Waals surface area contributed by atoms with Gasteiger partial charge in [-0.2, -0.15) is 4.31 Å². The number of rotatable bonds is 3. The Hall–Kier alpha value is -2.18. The summed E-state index contributed by atoms with van der Waals surface area (Å²) in [5.41, 5.74) is 2.68. The summed E-state index contributed by atoms with van der Waals surface area (Å²) in [6.07, 6.45) is 0.177. The minimum atomic E-state index is -3.86. The number of sulfonamides is 1. The second-order valence-corrected chi connectivity index (χ2v) is 7.58. The van der Waals surface area contributed by atoms with E-state index in [0.29, 0.717) is 0 Å². The van der Waals surface area contributed by atoms with Gasteiger partial charge < -0.3 is 5.11 Å². The average Bonchev–Trinajstić information content (AvgIpc) is 2.54. The molecule has 2 aromatic rings. The Kier molecular flexibility index (Phi) is 3.95. The number of carboxylic acids is 1. The van der Waals surface area contributed by atoms with Crippen LogP contribution in [0.2, 0.25) is 0 Å². The van der Waals surface area contributed by atoms with Gasteiger partial charge in [0.25, 0.3) is 0 Å². The van der Waals surface area contributed by atoms with Gasteiger partial charge in [0.2, 0.25) is 10.0 Å².